The van der Waals surface area contributed by atoms with Gasteiger partial charge < -0.3 is 10.1 Å². The van der Waals surface area contributed by atoms with Crippen molar-refractivity contribution in [3.63, 3.8) is 0 Å². The summed E-state index contributed by atoms with van der Waals surface area (Å²) in [5.41, 5.74) is 0. The monoisotopic (exact) mass is 172 g/mol. The van der Waals surface area contributed by atoms with Crippen LogP contribution in [0.3, 0.4) is 0 Å². The zero-order valence-electron chi connectivity index (χ0n) is 7.26. The highest BCUT2D eigenvalue weighted by atomic mass is 16.5. The molecule has 0 bridgehead atoms. The third kappa shape index (κ3) is 5.70. The molecule has 0 aromatic carbocycles. The van der Waals surface area contributed by atoms with Gasteiger partial charge in [-0.3, -0.25) is 9.59 Å². The van der Waals surface area contributed by atoms with E-state index in [0.29, 0.717) is 19.4 Å². The Morgan fingerprint density at radius 3 is 2.67 bits per heavy atom. The molecule has 1 N–H and O–H groups in total. The first-order chi connectivity index (χ1) is 5.70. The quantitative estimate of drug-likeness (QED) is 0.606. The van der Waals surface area contributed by atoms with E-state index < -0.39 is 5.97 Å². The van der Waals surface area contributed by atoms with Crippen LogP contribution in [0.1, 0.15) is 19.8 Å². The van der Waals surface area contributed by atoms with E-state index in [-0.39, 0.29) is 12.5 Å². The van der Waals surface area contributed by atoms with Gasteiger partial charge in [-0.25, -0.2) is 0 Å². The maximum atomic E-state index is 10.8. The molecular formula is C8H14NO3. The highest BCUT2D eigenvalue weighted by molar-refractivity contribution is 5.81. The lowest BCUT2D eigenvalue weighted by molar-refractivity contribution is -0.143. The molecule has 0 saturated heterocycles. The van der Waals surface area contributed by atoms with E-state index in [9.17, 15) is 9.59 Å². The first-order valence-corrected chi connectivity index (χ1v) is 3.92. The van der Waals surface area contributed by atoms with Crippen molar-refractivity contribution in [3.05, 3.63) is 6.92 Å². The molecule has 0 fully saturated rings. The van der Waals surface area contributed by atoms with Crippen molar-refractivity contribution in [1.29, 1.82) is 0 Å². The van der Waals surface area contributed by atoms with Gasteiger partial charge in [0.05, 0.1) is 6.61 Å². The largest absolute Gasteiger partial charge is 0.465 e. The second-order valence-corrected chi connectivity index (χ2v) is 2.19. The molecule has 69 valence electrons. The van der Waals surface area contributed by atoms with Gasteiger partial charge in [-0.15, -0.1) is 0 Å². The fourth-order valence-electron chi connectivity index (χ4n) is 0.632. The lowest BCUT2D eigenvalue weighted by Gasteiger charge is -2.03. The van der Waals surface area contributed by atoms with Crippen molar-refractivity contribution in [2.45, 2.75) is 19.8 Å². The van der Waals surface area contributed by atoms with Gasteiger partial charge in [0.1, 0.15) is 6.54 Å². The smallest absolute Gasteiger partial charge is 0.325 e. The molecule has 0 aliphatic heterocycles. The Kier molecular flexibility index (Phi) is 6.05. The first kappa shape index (κ1) is 10.9. The number of hydrogen-bond acceptors (Lipinski definition) is 3. The number of carbonyl (C=O) groups is 2. The van der Waals surface area contributed by atoms with Crippen molar-refractivity contribution in [3.8, 4) is 0 Å². The number of esters is 1. The van der Waals surface area contributed by atoms with Gasteiger partial charge in [-0.05, 0) is 13.3 Å². The van der Waals surface area contributed by atoms with Gasteiger partial charge in [0.25, 0.3) is 0 Å². The summed E-state index contributed by atoms with van der Waals surface area (Å²) in [6.45, 7) is 5.52. The molecule has 1 amide bonds. The third-order valence-electron chi connectivity index (χ3n) is 1.14. The summed E-state index contributed by atoms with van der Waals surface area (Å²) in [6, 6.07) is 0. The minimum atomic E-state index is -0.407. The van der Waals surface area contributed by atoms with Crippen LogP contribution in [-0.2, 0) is 14.3 Å². The Bertz CT molecular complexity index is 138. The van der Waals surface area contributed by atoms with Crippen LogP contribution < -0.4 is 5.32 Å². The van der Waals surface area contributed by atoms with Gasteiger partial charge >= 0.3 is 5.97 Å². The molecule has 0 aromatic rings. The summed E-state index contributed by atoms with van der Waals surface area (Å²) >= 11 is 0. The Hall–Kier alpha value is -1.06. The Labute approximate surface area is 72.3 Å². The minimum Gasteiger partial charge on any atom is -0.465 e. The topological polar surface area (TPSA) is 55.4 Å². The molecule has 0 heterocycles. The average Bonchev–Trinajstić information content (AvgIpc) is 2.02. The number of amides is 1. The molecule has 0 unspecified atom stereocenters. The molecule has 0 atom stereocenters. The van der Waals surface area contributed by atoms with Gasteiger partial charge in [-0.2, -0.15) is 0 Å². The maximum Gasteiger partial charge on any atom is 0.325 e. The fraction of sp³-hybridized carbons (Fsp3) is 0.625. The Morgan fingerprint density at radius 1 is 1.50 bits per heavy atom. The Morgan fingerprint density at radius 2 is 2.17 bits per heavy atom. The SMILES string of the molecule is [CH2]CCC(=O)NCC(=O)OCC. The molecule has 12 heavy (non-hydrogen) atoms. The molecule has 0 aromatic heterocycles. The highest BCUT2D eigenvalue weighted by Gasteiger charge is 2.03. The third-order valence-corrected chi connectivity index (χ3v) is 1.14. The number of hydrogen-bond donors (Lipinski definition) is 1. The van der Waals surface area contributed by atoms with Crippen molar-refractivity contribution < 1.29 is 14.3 Å². The molecule has 0 saturated carbocycles. The van der Waals surface area contributed by atoms with Crippen molar-refractivity contribution in [2.75, 3.05) is 13.2 Å². The number of carbonyl (C=O) groups excluding carboxylic acids is 2. The summed E-state index contributed by atoms with van der Waals surface area (Å²) in [5, 5.41) is 2.41. The van der Waals surface area contributed by atoms with Crippen LogP contribution >= 0.6 is 0 Å². The van der Waals surface area contributed by atoms with Gasteiger partial charge in [0, 0.05) is 6.42 Å². The zero-order valence-corrected chi connectivity index (χ0v) is 7.26. The van der Waals surface area contributed by atoms with E-state index in [4.69, 9.17) is 0 Å². The molecule has 0 rings (SSSR count). The lowest BCUT2D eigenvalue weighted by Crippen LogP contribution is -2.30. The molecule has 1 radical (unpaired) electrons. The van der Waals surface area contributed by atoms with E-state index in [1.807, 2.05) is 0 Å². The second kappa shape index (κ2) is 6.64. The molecule has 0 aliphatic rings. The van der Waals surface area contributed by atoms with Gasteiger partial charge in [-0.1, -0.05) is 6.92 Å². The maximum absolute atomic E-state index is 10.8. The predicted molar refractivity (Wildman–Crippen MR) is 44.2 cm³/mol. The summed E-state index contributed by atoms with van der Waals surface area (Å²) in [4.78, 5) is 21.5. The van der Waals surface area contributed by atoms with Gasteiger partial charge in [0.2, 0.25) is 5.91 Å². The van der Waals surface area contributed by atoms with Crippen molar-refractivity contribution in [2.24, 2.45) is 0 Å². The van der Waals surface area contributed by atoms with Gasteiger partial charge in [0.15, 0.2) is 0 Å². The van der Waals surface area contributed by atoms with Crippen LogP contribution in [-0.4, -0.2) is 25.0 Å². The van der Waals surface area contributed by atoms with Crippen molar-refractivity contribution >= 4 is 11.9 Å². The molecule has 4 nitrogen and oxygen atoms in total. The van der Waals surface area contributed by atoms with E-state index >= 15 is 0 Å². The number of ether oxygens (including phenoxy) is 1. The lowest BCUT2D eigenvalue weighted by atomic mass is 10.3. The van der Waals surface area contributed by atoms with Crippen LogP contribution in [0, 0.1) is 6.92 Å². The fourth-order valence-corrected chi connectivity index (χ4v) is 0.632. The standard InChI is InChI=1S/C8H14NO3/c1-3-5-7(10)9-6-8(11)12-4-2/h1,3-6H2,2H3,(H,9,10). The van der Waals surface area contributed by atoms with Crippen molar-refractivity contribution in [1.82, 2.24) is 5.32 Å². The summed E-state index contributed by atoms with van der Waals surface area (Å²) in [7, 11) is 0. The van der Waals surface area contributed by atoms with E-state index in [0.717, 1.165) is 0 Å². The van der Waals surface area contributed by atoms with Crippen LogP contribution in [0.2, 0.25) is 0 Å². The van der Waals surface area contributed by atoms with Crippen LogP contribution in [0.5, 0.6) is 0 Å². The second-order valence-electron chi connectivity index (χ2n) is 2.19. The molecule has 0 aliphatic carbocycles. The van der Waals surface area contributed by atoms with Crippen LogP contribution in [0.4, 0.5) is 0 Å². The average molecular weight is 172 g/mol. The van der Waals surface area contributed by atoms with E-state index in [1.54, 1.807) is 6.92 Å². The molecule has 4 heteroatoms. The Balaban J connectivity index is 3.40. The highest BCUT2D eigenvalue weighted by Crippen LogP contribution is 1.84. The number of rotatable bonds is 5. The summed E-state index contributed by atoms with van der Waals surface area (Å²) in [5.74, 6) is -0.576. The van der Waals surface area contributed by atoms with E-state index in [1.165, 1.54) is 0 Å². The first-order valence-electron chi connectivity index (χ1n) is 3.92. The molecular weight excluding hydrogens is 158 g/mol. The normalized spacial score (nSPS) is 9.17. The zero-order chi connectivity index (χ0) is 9.40. The summed E-state index contributed by atoms with van der Waals surface area (Å²) < 4.78 is 4.60. The predicted octanol–water partition coefficient (Wildman–Crippen LogP) is 0.280. The minimum absolute atomic E-state index is 0.0489. The summed E-state index contributed by atoms with van der Waals surface area (Å²) in [6.07, 6.45) is 0.883. The van der Waals surface area contributed by atoms with E-state index in [2.05, 4.69) is 17.0 Å². The van der Waals surface area contributed by atoms with Crippen LogP contribution in [0.25, 0.3) is 0 Å². The number of nitrogens with one attached hydrogen (secondary N) is 1. The van der Waals surface area contributed by atoms with Crippen LogP contribution in [0.15, 0.2) is 0 Å². The molecule has 0 spiro atoms.